The lowest BCUT2D eigenvalue weighted by Crippen LogP contribution is -2.33. The Bertz CT molecular complexity index is 671. The highest BCUT2D eigenvalue weighted by atomic mass is 17.0. The fourth-order valence-corrected chi connectivity index (χ4v) is 4.89. The first kappa shape index (κ1) is 19.3. The number of nitrogens with zero attached hydrogens (tertiary/aromatic N) is 2. The zero-order chi connectivity index (χ0) is 19.4. The van der Waals surface area contributed by atoms with E-state index >= 15 is 0 Å². The van der Waals surface area contributed by atoms with Crippen LogP contribution in [-0.4, -0.2) is 23.3 Å². The van der Waals surface area contributed by atoms with Crippen LogP contribution >= 0.6 is 0 Å². The van der Waals surface area contributed by atoms with Gasteiger partial charge in [0, 0.05) is 0 Å². The number of benzene rings is 1. The van der Waals surface area contributed by atoms with Crippen molar-refractivity contribution in [1.82, 2.24) is 0 Å². The molecule has 0 aromatic heterocycles. The van der Waals surface area contributed by atoms with Crippen LogP contribution in [0.15, 0.2) is 24.3 Å². The standard InChI is InChI=1S/C18H25N3O6/c19-10-14-5-12-4-13(6-14)8-17(7-12)15-2-1-3-16(9-15)18(27-21(24)25)11-26-20(22)23/h1-3,9,12-14,17-18H,4-8,10-11,19H2. The molecule has 2 saturated carbocycles. The molecular formula is C18H25N3O6. The van der Waals surface area contributed by atoms with E-state index in [0.29, 0.717) is 29.2 Å². The summed E-state index contributed by atoms with van der Waals surface area (Å²) < 4.78 is 0. The Balaban J connectivity index is 1.74. The molecule has 3 unspecified atom stereocenters. The third-order valence-corrected chi connectivity index (χ3v) is 5.87. The molecule has 0 spiro atoms. The van der Waals surface area contributed by atoms with Crippen molar-refractivity contribution in [2.45, 2.75) is 44.1 Å². The molecule has 2 bridgehead atoms. The van der Waals surface area contributed by atoms with Crippen molar-refractivity contribution in [1.29, 1.82) is 0 Å². The number of hydrogen-bond donors (Lipinski definition) is 1. The molecule has 0 saturated heterocycles. The fourth-order valence-electron chi connectivity index (χ4n) is 4.89. The van der Waals surface area contributed by atoms with Gasteiger partial charge in [0.2, 0.25) is 0 Å². The smallest absolute Gasteiger partial charge is 0.295 e. The van der Waals surface area contributed by atoms with E-state index in [1.54, 1.807) is 6.07 Å². The molecule has 1 aromatic carbocycles. The van der Waals surface area contributed by atoms with Gasteiger partial charge in [-0.15, -0.1) is 20.2 Å². The third-order valence-electron chi connectivity index (χ3n) is 5.87. The van der Waals surface area contributed by atoms with Gasteiger partial charge >= 0.3 is 0 Å². The maximum absolute atomic E-state index is 10.8. The third kappa shape index (κ3) is 5.06. The SMILES string of the molecule is NCC1CC2CC(C1)CC(c1cccc(C(CO[N+](=O)[O-])O[N+](=O)[O-])c1)C2. The predicted molar refractivity (Wildman–Crippen MR) is 95.6 cm³/mol. The van der Waals surface area contributed by atoms with Crippen LogP contribution < -0.4 is 5.73 Å². The second-order valence-corrected chi connectivity index (χ2v) is 7.72. The van der Waals surface area contributed by atoms with Crippen molar-refractivity contribution in [3.63, 3.8) is 0 Å². The second kappa shape index (κ2) is 8.51. The van der Waals surface area contributed by atoms with E-state index in [0.717, 1.165) is 24.9 Å². The van der Waals surface area contributed by atoms with Gasteiger partial charge in [-0.1, -0.05) is 24.3 Å². The molecule has 2 fully saturated rings. The van der Waals surface area contributed by atoms with Gasteiger partial charge in [0.15, 0.2) is 6.10 Å². The first-order chi connectivity index (χ1) is 12.9. The van der Waals surface area contributed by atoms with E-state index in [1.807, 2.05) is 18.2 Å². The fraction of sp³-hybridized carbons (Fsp3) is 0.667. The molecule has 1 aromatic rings. The highest BCUT2D eigenvalue weighted by Crippen LogP contribution is 2.48. The van der Waals surface area contributed by atoms with Crippen LogP contribution in [0, 0.1) is 38.0 Å². The summed E-state index contributed by atoms with van der Waals surface area (Å²) >= 11 is 0. The Labute approximate surface area is 157 Å². The zero-order valence-corrected chi connectivity index (χ0v) is 15.1. The van der Waals surface area contributed by atoms with Gasteiger partial charge in [-0.3, -0.25) is 0 Å². The van der Waals surface area contributed by atoms with Gasteiger partial charge in [-0.25, -0.2) is 0 Å². The Morgan fingerprint density at radius 2 is 1.78 bits per heavy atom. The lowest BCUT2D eigenvalue weighted by atomic mass is 9.63. The number of rotatable bonds is 8. The summed E-state index contributed by atoms with van der Waals surface area (Å²) in [4.78, 5) is 30.1. The van der Waals surface area contributed by atoms with E-state index in [9.17, 15) is 20.2 Å². The lowest BCUT2D eigenvalue weighted by Gasteiger charge is -2.42. The highest BCUT2D eigenvalue weighted by molar-refractivity contribution is 5.29. The summed E-state index contributed by atoms with van der Waals surface area (Å²) in [7, 11) is 0. The molecule has 9 nitrogen and oxygen atoms in total. The second-order valence-electron chi connectivity index (χ2n) is 7.72. The largest absolute Gasteiger partial charge is 0.330 e. The Hall–Kier alpha value is -2.42. The van der Waals surface area contributed by atoms with Gasteiger partial charge in [0.05, 0.1) is 0 Å². The minimum Gasteiger partial charge on any atom is -0.330 e. The summed E-state index contributed by atoms with van der Waals surface area (Å²) in [5.74, 6) is 2.35. The van der Waals surface area contributed by atoms with E-state index < -0.39 is 22.9 Å². The predicted octanol–water partition coefficient (Wildman–Crippen LogP) is 3.01. The van der Waals surface area contributed by atoms with E-state index in [1.165, 1.54) is 19.3 Å². The maximum atomic E-state index is 10.8. The molecule has 0 radical (unpaired) electrons. The van der Waals surface area contributed by atoms with Crippen LogP contribution in [0.25, 0.3) is 0 Å². The van der Waals surface area contributed by atoms with Gasteiger partial charge in [0.1, 0.15) is 6.61 Å². The normalized spacial score (nSPS) is 28.2. The summed E-state index contributed by atoms with van der Waals surface area (Å²) in [6.45, 7) is 0.231. The van der Waals surface area contributed by atoms with Crippen LogP contribution in [0.1, 0.15) is 55.3 Å². The Morgan fingerprint density at radius 3 is 2.37 bits per heavy atom. The number of hydrogen-bond acceptors (Lipinski definition) is 7. The van der Waals surface area contributed by atoms with Crippen molar-refractivity contribution in [2.75, 3.05) is 13.2 Å². The van der Waals surface area contributed by atoms with E-state index in [-0.39, 0.29) is 0 Å². The molecule has 0 amide bonds. The van der Waals surface area contributed by atoms with Crippen molar-refractivity contribution in [3.05, 3.63) is 55.6 Å². The summed E-state index contributed by atoms with van der Waals surface area (Å²) in [5.41, 5.74) is 7.48. The van der Waals surface area contributed by atoms with E-state index in [2.05, 4.69) is 9.68 Å². The zero-order valence-electron chi connectivity index (χ0n) is 15.1. The van der Waals surface area contributed by atoms with Crippen LogP contribution in [-0.2, 0) is 9.68 Å². The minimum atomic E-state index is -1.13. The molecule has 3 rings (SSSR count). The van der Waals surface area contributed by atoms with Crippen molar-refractivity contribution in [3.8, 4) is 0 Å². The van der Waals surface area contributed by atoms with Gasteiger partial charge < -0.3 is 15.4 Å². The monoisotopic (exact) mass is 379 g/mol. The van der Waals surface area contributed by atoms with Crippen LogP contribution in [0.2, 0.25) is 0 Å². The molecule has 2 aliphatic rings. The molecule has 27 heavy (non-hydrogen) atoms. The number of nitrogens with two attached hydrogens (primary N) is 1. The van der Waals surface area contributed by atoms with Gasteiger partial charge in [-0.05, 0) is 73.4 Å². The quantitative estimate of drug-likeness (QED) is 0.542. The minimum absolute atomic E-state index is 0.389. The first-order valence-corrected chi connectivity index (χ1v) is 9.33. The molecule has 148 valence electrons. The molecule has 3 atom stereocenters. The van der Waals surface area contributed by atoms with Gasteiger partial charge in [-0.2, -0.15) is 0 Å². The summed E-state index contributed by atoms with van der Waals surface area (Å²) in [5, 5.41) is 19.3. The molecule has 2 aliphatic carbocycles. The summed E-state index contributed by atoms with van der Waals surface area (Å²) in [6, 6.07) is 7.38. The molecule has 0 heterocycles. The van der Waals surface area contributed by atoms with Gasteiger partial charge in [0.25, 0.3) is 10.2 Å². The molecule has 9 heteroatoms. The maximum Gasteiger partial charge on any atom is 0.295 e. The van der Waals surface area contributed by atoms with Crippen LogP contribution in [0.3, 0.4) is 0 Å². The van der Waals surface area contributed by atoms with E-state index in [4.69, 9.17) is 5.73 Å². The molecule has 2 N–H and O–H groups in total. The Kier molecular flexibility index (Phi) is 6.10. The highest BCUT2D eigenvalue weighted by Gasteiger charge is 2.36. The van der Waals surface area contributed by atoms with Crippen LogP contribution in [0.4, 0.5) is 0 Å². The van der Waals surface area contributed by atoms with Crippen molar-refractivity contribution < 1.29 is 19.8 Å². The lowest BCUT2D eigenvalue weighted by molar-refractivity contribution is -0.792. The van der Waals surface area contributed by atoms with Crippen molar-refractivity contribution >= 4 is 0 Å². The average Bonchev–Trinajstić information content (AvgIpc) is 2.64. The van der Waals surface area contributed by atoms with Crippen LogP contribution in [0.5, 0.6) is 0 Å². The van der Waals surface area contributed by atoms with Crippen molar-refractivity contribution in [2.24, 2.45) is 23.5 Å². The topological polar surface area (TPSA) is 131 Å². The Morgan fingerprint density at radius 1 is 1.07 bits per heavy atom. The first-order valence-electron chi connectivity index (χ1n) is 9.33. The number of fused-ring (bicyclic) bond motifs is 2. The molecule has 0 aliphatic heterocycles. The molecular weight excluding hydrogens is 354 g/mol. The summed E-state index contributed by atoms with van der Waals surface area (Å²) in [6.07, 6.45) is 4.65. The average molecular weight is 379 g/mol.